The maximum atomic E-state index is 13.5. The van der Waals surface area contributed by atoms with Gasteiger partial charge in [0.05, 0.1) is 0 Å². The van der Waals surface area contributed by atoms with Crippen molar-refractivity contribution in [3.05, 3.63) is 47.5 Å². The van der Waals surface area contributed by atoms with Crippen LogP contribution in [0.2, 0.25) is 0 Å². The first-order chi connectivity index (χ1) is 12.2. The molecule has 1 aromatic rings. The van der Waals surface area contributed by atoms with Crippen molar-refractivity contribution in [3.8, 4) is 0 Å². The normalized spacial score (nSPS) is 30.7. The molecule has 3 rings (SSSR count). The molecular weight excluding hydrogens is 314 g/mol. The van der Waals surface area contributed by atoms with Crippen LogP contribution >= 0.6 is 0 Å². The van der Waals surface area contributed by atoms with Gasteiger partial charge < -0.3 is 0 Å². The van der Waals surface area contributed by atoms with Crippen molar-refractivity contribution in [2.75, 3.05) is 0 Å². The minimum absolute atomic E-state index is 0.416. The van der Waals surface area contributed by atoms with Crippen LogP contribution in [0.1, 0.15) is 82.6 Å². The fourth-order valence-electron chi connectivity index (χ4n) is 4.95. The van der Waals surface area contributed by atoms with Crippen LogP contribution in [0.5, 0.6) is 0 Å². The highest BCUT2D eigenvalue weighted by molar-refractivity contribution is 5.22. The van der Waals surface area contributed by atoms with E-state index >= 15 is 0 Å². The van der Waals surface area contributed by atoms with E-state index in [1.807, 2.05) is 0 Å². The smallest absolute Gasteiger partial charge is 0.159 e. The first kappa shape index (κ1) is 18.6. The highest BCUT2D eigenvalue weighted by Crippen LogP contribution is 2.44. The molecule has 0 spiro atoms. The molecule has 1 aromatic carbocycles. The van der Waals surface area contributed by atoms with Gasteiger partial charge in [0.1, 0.15) is 0 Å². The number of rotatable bonds is 5. The van der Waals surface area contributed by atoms with Crippen LogP contribution in [0.3, 0.4) is 0 Å². The Hall–Kier alpha value is -1.18. The Morgan fingerprint density at radius 3 is 2.12 bits per heavy atom. The zero-order valence-electron chi connectivity index (χ0n) is 15.5. The number of benzene rings is 1. The molecule has 0 amide bonds. The third-order valence-corrected chi connectivity index (χ3v) is 6.53. The maximum Gasteiger partial charge on any atom is 0.159 e. The molecule has 2 saturated carbocycles. The SMILES string of the molecule is CCC/C=C/C1CCC(C2CCC(c3ccc(F)c(F)c3)CC2)CC1. The van der Waals surface area contributed by atoms with E-state index in [2.05, 4.69) is 19.1 Å². The third-order valence-electron chi connectivity index (χ3n) is 6.53. The van der Waals surface area contributed by atoms with Gasteiger partial charge in [-0.25, -0.2) is 8.78 Å². The second kappa shape index (κ2) is 8.96. The van der Waals surface area contributed by atoms with Crippen molar-refractivity contribution in [1.82, 2.24) is 0 Å². The lowest BCUT2D eigenvalue weighted by molar-refractivity contribution is 0.171. The zero-order valence-corrected chi connectivity index (χ0v) is 15.5. The molecule has 0 aromatic heterocycles. The fourth-order valence-corrected chi connectivity index (χ4v) is 4.95. The molecule has 0 N–H and O–H groups in total. The van der Waals surface area contributed by atoms with Gasteiger partial charge in [-0.3, -0.25) is 0 Å². The number of hydrogen-bond donors (Lipinski definition) is 0. The van der Waals surface area contributed by atoms with Crippen molar-refractivity contribution < 1.29 is 8.78 Å². The lowest BCUT2D eigenvalue weighted by Crippen LogP contribution is -2.25. The van der Waals surface area contributed by atoms with Gasteiger partial charge in [0.25, 0.3) is 0 Å². The topological polar surface area (TPSA) is 0 Å². The average Bonchev–Trinajstić information content (AvgIpc) is 2.65. The third kappa shape index (κ3) is 4.92. The molecule has 0 bridgehead atoms. The number of halogens is 2. The quantitative estimate of drug-likeness (QED) is 0.487. The molecule has 0 atom stereocenters. The minimum Gasteiger partial charge on any atom is -0.204 e. The molecule has 0 unspecified atom stereocenters. The molecule has 0 nitrogen and oxygen atoms in total. The van der Waals surface area contributed by atoms with E-state index in [4.69, 9.17) is 0 Å². The van der Waals surface area contributed by atoms with Gasteiger partial charge in [0.2, 0.25) is 0 Å². The molecule has 0 heterocycles. The maximum absolute atomic E-state index is 13.5. The standard InChI is InChI=1S/C23H32F2/c1-2-3-4-5-17-6-8-18(9-7-17)19-10-12-20(13-11-19)21-14-15-22(24)23(25)16-21/h4-5,14-20H,2-3,6-13H2,1H3/b5-4+. The van der Waals surface area contributed by atoms with Crippen molar-refractivity contribution in [2.45, 2.75) is 77.0 Å². The van der Waals surface area contributed by atoms with Gasteiger partial charge >= 0.3 is 0 Å². The Balaban J connectivity index is 1.46. The predicted molar refractivity (Wildman–Crippen MR) is 101 cm³/mol. The Kier molecular flexibility index (Phi) is 6.67. The van der Waals surface area contributed by atoms with Gasteiger partial charge in [-0.15, -0.1) is 0 Å². The van der Waals surface area contributed by atoms with Crippen LogP contribution in [0.4, 0.5) is 8.78 Å². The molecule has 0 saturated heterocycles. The Labute approximate surface area is 151 Å². The summed E-state index contributed by atoms with van der Waals surface area (Å²) >= 11 is 0. The molecule has 25 heavy (non-hydrogen) atoms. The summed E-state index contributed by atoms with van der Waals surface area (Å²) in [4.78, 5) is 0. The predicted octanol–water partition coefficient (Wildman–Crippen LogP) is 7.40. The van der Waals surface area contributed by atoms with E-state index in [9.17, 15) is 8.78 Å². The zero-order chi connectivity index (χ0) is 17.6. The molecule has 2 fully saturated rings. The summed E-state index contributed by atoms with van der Waals surface area (Å²) in [6.07, 6.45) is 17.5. The number of unbranched alkanes of at least 4 members (excludes halogenated alkanes) is 1. The van der Waals surface area contributed by atoms with Crippen LogP contribution in [-0.2, 0) is 0 Å². The molecular formula is C23H32F2. The Morgan fingerprint density at radius 1 is 0.880 bits per heavy atom. The van der Waals surface area contributed by atoms with E-state index in [0.717, 1.165) is 36.2 Å². The molecule has 0 aliphatic heterocycles. The van der Waals surface area contributed by atoms with Gasteiger partial charge in [-0.05, 0) is 99.2 Å². The van der Waals surface area contributed by atoms with E-state index in [1.54, 1.807) is 6.07 Å². The summed E-state index contributed by atoms with van der Waals surface area (Å²) in [5.74, 6) is 1.53. The monoisotopic (exact) mass is 346 g/mol. The Morgan fingerprint density at radius 2 is 1.52 bits per heavy atom. The molecule has 2 aliphatic rings. The van der Waals surface area contributed by atoms with Crippen LogP contribution in [0, 0.1) is 29.4 Å². The largest absolute Gasteiger partial charge is 0.204 e. The fraction of sp³-hybridized carbons (Fsp3) is 0.652. The number of allylic oxidation sites excluding steroid dienone is 2. The average molecular weight is 347 g/mol. The highest BCUT2D eigenvalue weighted by Gasteiger charge is 2.30. The highest BCUT2D eigenvalue weighted by atomic mass is 19.2. The van der Waals surface area contributed by atoms with Crippen LogP contribution in [-0.4, -0.2) is 0 Å². The van der Waals surface area contributed by atoms with Crippen LogP contribution in [0.15, 0.2) is 30.4 Å². The Bertz CT molecular complexity index is 561. The van der Waals surface area contributed by atoms with E-state index in [-0.39, 0.29) is 0 Å². The second-order valence-electron chi connectivity index (χ2n) is 8.18. The summed E-state index contributed by atoms with van der Waals surface area (Å²) in [6, 6.07) is 4.47. The van der Waals surface area contributed by atoms with Crippen LogP contribution in [0.25, 0.3) is 0 Å². The molecule has 2 aliphatic carbocycles. The van der Waals surface area contributed by atoms with Crippen molar-refractivity contribution in [1.29, 1.82) is 0 Å². The van der Waals surface area contributed by atoms with Gasteiger partial charge in [0, 0.05) is 0 Å². The lowest BCUT2D eigenvalue weighted by atomic mass is 9.68. The number of hydrogen-bond acceptors (Lipinski definition) is 0. The molecule has 138 valence electrons. The van der Waals surface area contributed by atoms with E-state index in [0.29, 0.717) is 5.92 Å². The van der Waals surface area contributed by atoms with Gasteiger partial charge in [-0.2, -0.15) is 0 Å². The van der Waals surface area contributed by atoms with Gasteiger partial charge in [0.15, 0.2) is 11.6 Å². The summed E-state index contributed by atoms with van der Waals surface area (Å²) in [6.45, 7) is 2.23. The summed E-state index contributed by atoms with van der Waals surface area (Å²) in [5, 5.41) is 0. The molecule has 2 heteroatoms. The first-order valence-corrected chi connectivity index (χ1v) is 10.3. The van der Waals surface area contributed by atoms with E-state index < -0.39 is 11.6 Å². The summed E-state index contributed by atoms with van der Waals surface area (Å²) in [7, 11) is 0. The minimum atomic E-state index is -0.734. The van der Waals surface area contributed by atoms with Crippen LogP contribution < -0.4 is 0 Å². The summed E-state index contributed by atoms with van der Waals surface area (Å²) < 4.78 is 26.6. The van der Waals surface area contributed by atoms with Crippen molar-refractivity contribution in [3.63, 3.8) is 0 Å². The molecule has 0 radical (unpaired) electrons. The lowest BCUT2D eigenvalue weighted by Gasteiger charge is -2.37. The second-order valence-corrected chi connectivity index (χ2v) is 8.18. The summed E-state index contributed by atoms with van der Waals surface area (Å²) in [5.41, 5.74) is 0.988. The first-order valence-electron chi connectivity index (χ1n) is 10.3. The van der Waals surface area contributed by atoms with Gasteiger partial charge in [-0.1, -0.05) is 31.6 Å². The van der Waals surface area contributed by atoms with Crippen molar-refractivity contribution >= 4 is 0 Å². The van der Waals surface area contributed by atoms with Crippen molar-refractivity contribution in [2.24, 2.45) is 17.8 Å². The van der Waals surface area contributed by atoms with E-state index in [1.165, 1.54) is 63.5 Å².